The van der Waals surface area contributed by atoms with Gasteiger partial charge in [-0.1, -0.05) is 25.7 Å². The van der Waals surface area contributed by atoms with Crippen LogP contribution in [0.5, 0.6) is 5.75 Å². The van der Waals surface area contributed by atoms with Gasteiger partial charge in [0.1, 0.15) is 5.75 Å². The molecule has 2 unspecified atom stereocenters. The van der Waals surface area contributed by atoms with Gasteiger partial charge in [0.05, 0.1) is 0 Å². The monoisotopic (exact) mass is 400 g/mol. The van der Waals surface area contributed by atoms with E-state index in [1.54, 1.807) is 12.1 Å². The van der Waals surface area contributed by atoms with E-state index in [1.807, 2.05) is 29.0 Å². The fraction of sp³-hybridized carbons (Fsp3) is 0.667. The van der Waals surface area contributed by atoms with Crippen molar-refractivity contribution in [3.63, 3.8) is 0 Å². The second kappa shape index (κ2) is 10.1. The number of rotatable bonds is 5. The van der Waals surface area contributed by atoms with Crippen molar-refractivity contribution in [2.45, 2.75) is 89.8 Å². The number of hydrogen-bond donors (Lipinski definition) is 0. The molecule has 1 aromatic rings. The van der Waals surface area contributed by atoms with Crippen LogP contribution in [-0.2, 0) is 4.79 Å². The number of amides is 2. The first kappa shape index (κ1) is 21.7. The SMILES string of the molecule is CC1CCCC(C)N1C(=O)COc1ccc(C(=O)N(C)C2CCCCCC2)cc1. The Hall–Kier alpha value is -2.04. The summed E-state index contributed by atoms with van der Waals surface area (Å²) in [5.74, 6) is 0.734. The van der Waals surface area contributed by atoms with Gasteiger partial charge in [-0.05, 0) is 70.2 Å². The minimum Gasteiger partial charge on any atom is -0.484 e. The van der Waals surface area contributed by atoms with Gasteiger partial charge in [-0.25, -0.2) is 0 Å². The molecule has 2 amide bonds. The van der Waals surface area contributed by atoms with E-state index in [-0.39, 0.29) is 30.5 Å². The second-order valence-corrected chi connectivity index (χ2v) is 8.80. The molecule has 5 nitrogen and oxygen atoms in total. The summed E-state index contributed by atoms with van der Waals surface area (Å²) in [5, 5.41) is 0. The van der Waals surface area contributed by atoms with Gasteiger partial charge in [0.2, 0.25) is 0 Å². The number of ether oxygens (including phenoxy) is 1. The molecule has 1 heterocycles. The van der Waals surface area contributed by atoms with E-state index < -0.39 is 0 Å². The van der Waals surface area contributed by atoms with E-state index in [1.165, 1.54) is 32.1 Å². The maximum Gasteiger partial charge on any atom is 0.260 e. The zero-order chi connectivity index (χ0) is 20.8. The molecule has 3 rings (SSSR count). The summed E-state index contributed by atoms with van der Waals surface area (Å²) in [6.45, 7) is 4.27. The van der Waals surface area contributed by atoms with E-state index in [4.69, 9.17) is 4.74 Å². The molecule has 5 heteroatoms. The molecule has 2 atom stereocenters. The third-order valence-corrected chi connectivity index (χ3v) is 6.64. The van der Waals surface area contributed by atoms with Gasteiger partial charge in [0.15, 0.2) is 6.61 Å². The summed E-state index contributed by atoms with van der Waals surface area (Å²) in [6.07, 6.45) is 10.4. The Morgan fingerprint density at radius 2 is 1.52 bits per heavy atom. The highest BCUT2D eigenvalue weighted by Gasteiger charge is 2.29. The van der Waals surface area contributed by atoms with Crippen molar-refractivity contribution >= 4 is 11.8 Å². The quantitative estimate of drug-likeness (QED) is 0.676. The summed E-state index contributed by atoms with van der Waals surface area (Å²) in [7, 11) is 1.92. The van der Waals surface area contributed by atoms with Crippen LogP contribution in [0, 0.1) is 0 Å². The molecule has 1 saturated carbocycles. The van der Waals surface area contributed by atoms with E-state index in [0.717, 1.165) is 25.7 Å². The molecule has 2 aliphatic rings. The lowest BCUT2D eigenvalue weighted by atomic mass is 9.97. The lowest BCUT2D eigenvalue weighted by molar-refractivity contribution is -0.139. The van der Waals surface area contributed by atoms with Crippen LogP contribution in [0.25, 0.3) is 0 Å². The highest BCUT2D eigenvalue weighted by Crippen LogP contribution is 2.24. The maximum atomic E-state index is 12.8. The third-order valence-electron chi connectivity index (χ3n) is 6.64. The lowest BCUT2D eigenvalue weighted by Gasteiger charge is -2.38. The average Bonchev–Trinajstić information content (AvgIpc) is 3.01. The number of piperidine rings is 1. The van der Waals surface area contributed by atoms with Crippen molar-refractivity contribution in [3.8, 4) is 5.75 Å². The molecule has 0 N–H and O–H groups in total. The first-order valence-corrected chi connectivity index (χ1v) is 11.3. The van der Waals surface area contributed by atoms with Crippen LogP contribution < -0.4 is 4.74 Å². The molecule has 1 aliphatic carbocycles. The zero-order valence-electron chi connectivity index (χ0n) is 18.2. The smallest absolute Gasteiger partial charge is 0.260 e. The van der Waals surface area contributed by atoms with Crippen molar-refractivity contribution in [2.24, 2.45) is 0 Å². The van der Waals surface area contributed by atoms with Gasteiger partial charge in [-0.15, -0.1) is 0 Å². The molecule has 0 bridgehead atoms. The lowest BCUT2D eigenvalue weighted by Crippen LogP contribution is -2.49. The first-order chi connectivity index (χ1) is 14.0. The number of likely N-dealkylation sites (tertiary alicyclic amines) is 1. The largest absolute Gasteiger partial charge is 0.484 e. The molecule has 1 aromatic carbocycles. The maximum absolute atomic E-state index is 12.8. The summed E-state index contributed by atoms with van der Waals surface area (Å²) in [5.41, 5.74) is 0.675. The minimum atomic E-state index is 0.0398. The summed E-state index contributed by atoms with van der Waals surface area (Å²) in [4.78, 5) is 29.3. The Kier molecular flexibility index (Phi) is 7.57. The topological polar surface area (TPSA) is 49.9 Å². The molecule has 29 heavy (non-hydrogen) atoms. The number of carbonyl (C=O) groups excluding carboxylic acids is 2. The van der Waals surface area contributed by atoms with Crippen LogP contribution in [0.3, 0.4) is 0 Å². The molecule has 160 valence electrons. The number of nitrogens with zero attached hydrogens (tertiary/aromatic N) is 2. The van der Waals surface area contributed by atoms with Gasteiger partial charge >= 0.3 is 0 Å². The van der Waals surface area contributed by atoms with E-state index in [2.05, 4.69) is 13.8 Å². The molecular weight excluding hydrogens is 364 g/mol. The molecule has 1 aliphatic heterocycles. The van der Waals surface area contributed by atoms with Crippen LogP contribution >= 0.6 is 0 Å². The van der Waals surface area contributed by atoms with Crippen LogP contribution in [0.15, 0.2) is 24.3 Å². The highest BCUT2D eigenvalue weighted by atomic mass is 16.5. The third kappa shape index (κ3) is 5.52. The Bertz CT molecular complexity index is 670. The zero-order valence-corrected chi connectivity index (χ0v) is 18.2. The van der Waals surface area contributed by atoms with Crippen LogP contribution in [-0.4, -0.2) is 53.4 Å². The van der Waals surface area contributed by atoms with Crippen molar-refractivity contribution in [3.05, 3.63) is 29.8 Å². The summed E-state index contributed by atoms with van der Waals surface area (Å²) in [6, 6.07) is 8.09. The molecule has 0 aromatic heterocycles. The van der Waals surface area contributed by atoms with Crippen molar-refractivity contribution in [1.82, 2.24) is 9.80 Å². The van der Waals surface area contributed by atoms with Crippen molar-refractivity contribution in [2.75, 3.05) is 13.7 Å². The molecule has 0 spiro atoms. The first-order valence-electron chi connectivity index (χ1n) is 11.3. The van der Waals surface area contributed by atoms with E-state index >= 15 is 0 Å². The molecule has 2 fully saturated rings. The van der Waals surface area contributed by atoms with E-state index in [9.17, 15) is 9.59 Å². The number of hydrogen-bond acceptors (Lipinski definition) is 3. The standard InChI is InChI=1S/C24H36N2O3/c1-18-9-8-10-19(2)26(18)23(27)17-29-22-15-13-20(14-16-22)24(28)25(3)21-11-6-4-5-7-12-21/h13-16,18-19,21H,4-12,17H2,1-3H3. The Balaban J connectivity index is 1.54. The minimum absolute atomic E-state index is 0.0398. The Morgan fingerprint density at radius 1 is 0.931 bits per heavy atom. The Labute approximate surface area is 175 Å². The van der Waals surface area contributed by atoms with Crippen LogP contribution in [0.4, 0.5) is 0 Å². The van der Waals surface area contributed by atoms with Crippen LogP contribution in [0.1, 0.15) is 82.0 Å². The predicted molar refractivity (Wildman–Crippen MR) is 115 cm³/mol. The Morgan fingerprint density at radius 3 is 2.10 bits per heavy atom. The fourth-order valence-corrected chi connectivity index (χ4v) is 4.84. The van der Waals surface area contributed by atoms with Crippen molar-refractivity contribution < 1.29 is 14.3 Å². The highest BCUT2D eigenvalue weighted by molar-refractivity contribution is 5.94. The van der Waals surface area contributed by atoms with Crippen molar-refractivity contribution in [1.29, 1.82) is 0 Å². The van der Waals surface area contributed by atoms with Gasteiger partial charge in [0, 0.05) is 30.7 Å². The normalized spacial score (nSPS) is 23.3. The average molecular weight is 401 g/mol. The second-order valence-electron chi connectivity index (χ2n) is 8.80. The number of benzene rings is 1. The fourth-order valence-electron chi connectivity index (χ4n) is 4.84. The molecular formula is C24H36N2O3. The summed E-state index contributed by atoms with van der Waals surface area (Å²) >= 11 is 0. The summed E-state index contributed by atoms with van der Waals surface area (Å²) < 4.78 is 5.73. The van der Waals surface area contributed by atoms with Gasteiger partial charge in [-0.3, -0.25) is 9.59 Å². The van der Waals surface area contributed by atoms with Crippen LogP contribution in [0.2, 0.25) is 0 Å². The predicted octanol–water partition coefficient (Wildman–Crippen LogP) is 4.65. The number of carbonyl (C=O) groups is 2. The van der Waals surface area contributed by atoms with E-state index in [0.29, 0.717) is 17.4 Å². The molecule has 1 saturated heterocycles. The van der Waals surface area contributed by atoms with Gasteiger partial charge in [-0.2, -0.15) is 0 Å². The van der Waals surface area contributed by atoms with Gasteiger partial charge < -0.3 is 14.5 Å². The van der Waals surface area contributed by atoms with Gasteiger partial charge in [0.25, 0.3) is 11.8 Å². The molecule has 0 radical (unpaired) electrons.